The Balaban J connectivity index is 1.53. The quantitative estimate of drug-likeness (QED) is 0.612. The molecule has 10 heteroatoms. The zero-order chi connectivity index (χ0) is 22.2. The van der Waals surface area contributed by atoms with Crippen molar-refractivity contribution >= 4 is 35.0 Å². The molecule has 2 aliphatic rings. The van der Waals surface area contributed by atoms with Crippen molar-refractivity contribution in [3.8, 4) is 0 Å². The molecule has 0 unspecified atom stereocenters. The van der Waals surface area contributed by atoms with Crippen molar-refractivity contribution in [3.05, 3.63) is 28.7 Å². The molecule has 0 radical (unpaired) electrons. The molecule has 3 heterocycles. The van der Waals surface area contributed by atoms with Gasteiger partial charge in [0.25, 0.3) is 0 Å². The summed E-state index contributed by atoms with van der Waals surface area (Å²) in [6.07, 6.45) is 5.78. The molecule has 1 saturated heterocycles. The Labute approximate surface area is 191 Å². The molecule has 5 N–H and O–H groups in total. The molecule has 0 bridgehead atoms. The highest BCUT2D eigenvalue weighted by Crippen LogP contribution is 2.47. The minimum Gasteiger partial charge on any atom is -0.390 e. The van der Waals surface area contributed by atoms with Gasteiger partial charge < -0.3 is 26.2 Å². The molecule has 2 aromatic rings. The molecule has 8 nitrogen and oxygen atoms in total. The number of halogens is 1. The lowest BCUT2D eigenvalue weighted by Crippen LogP contribution is -2.47. The van der Waals surface area contributed by atoms with Gasteiger partial charge in [-0.2, -0.15) is 0 Å². The molecule has 0 amide bonds. The summed E-state index contributed by atoms with van der Waals surface area (Å²) in [5, 5.41) is 11.1. The SMILES string of the molecule is CO[C@H]1C[C@@H](N)C2(CCN(c3nc(C)c(Sc4ccnc(N)c4Cl)nc3CO)CC2)C1. The van der Waals surface area contributed by atoms with Crippen LogP contribution in [0.1, 0.15) is 37.1 Å². The van der Waals surface area contributed by atoms with Gasteiger partial charge in [-0.3, -0.25) is 0 Å². The molecule has 1 spiro atoms. The van der Waals surface area contributed by atoms with Gasteiger partial charge in [-0.1, -0.05) is 23.4 Å². The maximum Gasteiger partial charge on any atom is 0.153 e. The number of nitrogens with zero attached hydrogens (tertiary/aromatic N) is 4. The van der Waals surface area contributed by atoms with Gasteiger partial charge >= 0.3 is 0 Å². The van der Waals surface area contributed by atoms with Crippen LogP contribution in [-0.2, 0) is 11.3 Å². The molecule has 4 rings (SSSR count). The van der Waals surface area contributed by atoms with E-state index in [1.54, 1.807) is 19.4 Å². The number of aryl methyl sites for hydroxylation is 1. The number of rotatable bonds is 5. The van der Waals surface area contributed by atoms with E-state index in [1.165, 1.54) is 11.8 Å². The molecule has 31 heavy (non-hydrogen) atoms. The van der Waals surface area contributed by atoms with Crippen LogP contribution in [0.3, 0.4) is 0 Å². The lowest BCUT2D eigenvalue weighted by atomic mass is 9.74. The van der Waals surface area contributed by atoms with E-state index < -0.39 is 0 Å². The second-order valence-corrected chi connectivity index (χ2v) is 9.82. The average Bonchev–Trinajstić information content (AvgIpc) is 3.08. The van der Waals surface area contributed by atoms with Crippen molar-refractivity contribution in [2.24, 2.45) is 11.1 Å². The van der Waals surface area contributed by atoms with Crippen molar-refractivity contribution < 1.29 is 9.84 Å². The summed E-state index contributed by atoms with van der Waals surface area (Å²) in [4.78, 5) is 16.5. The van der Waals surface area contributed by atoms with E-state index in [0.29, 0.717) is 15.7 Å². The Hall–Kier alpha value is -1.65. The third-order valence-electron chi connectivity index (χ3n) is 6.64. The van der Waals surface area contributed by atoms with Gasteiger partial charge in [0.2, 0.25) is 0 Å². The highest BCUT2D eigenvalue weighted by molar-refractivity contribution is 7.99. The number of ether oxygens (including phenoxy) is 1. The monoisotopic (exact) mass is 464 g/mol. The zero-order valence-corrected chi connectivity index (χ0v) is 19.4. The average molecular weight is 465 g/mol. The summed E-state index contributed by atoms with van der Waals surface area (Å²) in [6, 6.07) is 1.96. The maximum atomic E-state index is 10.0. The number of methoxy groups -OCH3 is 1. The number of hydrogen-bond acceptors (Lipinski definition) is 9. The number of nitrogens with two attached hydrogens (primary N) is 2. The molecular weight excluding hydrogens is 436 g/mol. The largest absolute Gasteiger partial charge is 0.390 e. The molecule has 168 valence electrons. The first-order valence-electron chi connectivity index (χ1n) is 10.5. The smallest absolute Gasteiger partial charge is 0.153 e. The van der Waals surface area contributed by atoms with E-state index >= 15 is 0 Å². The maximum absolute atomic E-state index is 10.0. The number of aromatic nitrogens is 3. The minimum absolute atomic E-state index is 0.132. The Morgan fingerprint density at radius 2 is 2.10 bits per heavy atom. The van der Waals surface area contributed by atoms with E-state index in [-0.39, 0.29) is 30.0 Å². The van der Waals surface area contributed by atoms with E-state index in [4.69, 9.17) is 37.8 Å². The van der Waals surface area contributed by atoms with Crippen LogP contribution in [0.15, 0.2) is 22.2 Å². The number of hydrogen-bond donors (Lipinski definition) is 3. The zero-order valence-electron chi connectivity index (χ0n) is 17.8. The van der Waals surface area contributed by atoms with Gasteiger partial charge in [0.1, 0.15) is 16.5 Å². The molecule has 2 atom stereocenters. The summed E-state index contributed by atoms with van der Waals surface area (Å²) >= 11 is 7.65. The highest BCUT2D eigenvalue weighted by atomic mass is 35.5. The number of aliphatic hydroxyl groups is 1. The van der Waals surface area contributed by atoms with Crippen LogP contribution in [0.2, 0.25) is 5.02 Å². The Morgan fingerprint density at radius 1 is 1.35 bits per heavy atom. The van der Waals surface area contributed by atoms with E-state index in [9.17, 15) is 5.11 Å². The summed E-state index contributed by atoms with van der Waals surface area (Å²) < 4.78 is 5.58. The van der Waals surface area contributed by atoms with Gasteiger partial charge in [-0.05, 0) is 44.1 Å². The number of piperidine rings is 1. The molecule has 0 aromatic carbocycles. The fourth-order valence-electron chi connectivity index (χ4n) is 4.74. The van der Waals surface area contributed by atoms with Crippen molar-refractivity contribution in [2.45, 2.75) is 61.3 Å². The van der Waals surface area contributed by atoms with Crippen LogP contribution >= 0.6 is 23.4 Å². The Kier molecular flexibility index (Phi) is 6.60. The first-order chi connectivity index (χ1) is 14.9. The second kappa shape index (κ2) is 9.07. The Morgan fingerprint density at radius 3 is 2.74 bits per heavy atom. The minimum atomic E-state index is -0.185. The topological polar surface area (TPSA) is 123 Å². The molecule has 2 fully saturated rings. The molecule has 1 aliphatic carbocycles. The number of aliphatic hydroxyl groups excluding tert-OH is 1. The first-order valence-corrected chi connectivity index (χ1v) is 11.7. The van der Waals surface area contributed by atoms with E-state index in [0.717, 1.165) is 55.2 Å². The van der Waals surface area contributed by atoms with Gasteiger partial charge in [-0.15, -0.1) is 0 Å². The lowest BCUT2D eigenvalue weighted by Gasteiger charge is -2.42. The standard InChI is InChI=1S/C21H29ClN6O2S/c1-12-20(31-15-3-6-25-18(24)17(15)22)27-14(11-29)19(26-12)28-7-4-21(5-8-28)10-13(30-2)9-16(21)23/h3,6,13,16,29H,4-5,7-11,23H2,1-2H3,(H2,24,25)/t13-,16+/m0/s1. The van der Waals surface area contributed by atoms with Gasteiger partial charge in [0, 0.05) is 37.3 Å². The summed E-state index contributed by atoms with van der Waals surface area (Å²) in [7, 11) is 1.77. The summed E-state index contributed by atoms with van der Waals surface area (Å²) in [6.45, 7) is 3.41. The molecule has 2 aromatic heterocycles. The van der Waals surface area contributed by atoms with Crippen molar-refractivity contribution in [3.63, 3.8) is 0 Å². The van der Waals surface area contributed by atoms with Crippen LogP contribution in [-0.4, -0.2) is 52.4 Å². The summed E-state index contributed by atoms with van der Waals surface area (Å²) in [5.41, 5.74) is 13.8. The first kappa shape index (κ1) is 22.5. The third-order valence-corrected chi connectivity index (χ3v) is 8.29. The molecule has 1 aliphatic heterocycles. The van der Waals surface area contributed by atoms with Gasteiger partial charge in [0.15, 0.2) is 5.82 Å². The second-order valence-electron chi connectivity index (χ2n) is 8.41. The van der Waals surface area contributed by atoms with Gasteiger partial charge in [-0.25, -0.2) is 15.0 Å². The third kappa shape index (κ3) is 4.34. The number of anilines is 2. The van der Waals surface area contributed by atoms with Crippen LogP contribution in [0.25, 0.3) is 0 Å². The molecule has 1 saturated carbocycles. The highest BCUT2D eigenvalue weighted by Gasteiger charge is 2.47. The van der Waals surface area contributed by atoms with Crippen molar-refractivity contribution in [2.75, 3.05) is 30.8 Å². The van der Waals surface area contributed by atoms with Gasteiger partial charge in [0.05, 0.1) is 23.4 Å². The fraction of sp³-hybridized carbons (Fsp3) is 0.571. The molecular formula is C21H29ClN6O2S. The van der Waals surface area contributed by atoms with Crippen LogP contribution < -0.4 is 16.4 Å². The lowest BCUT2D eigenvalue weighted by molar-refractivity contribution is 0.0890. The van der Waals surface area contributed by atoms with E-state index in [2.05, 4.69) is 9.88 Å². The van der Waals surface area contributed by atoms with Crippen LogP contribution in [0.4, 0.5) is 11.6 Å². The summed E-state index contributed by atoms with van der Waals surface area (Å²) in [5.74, 6) is 1.02. The van der Waals surface area contributed by atoms with Crippen LogP contribution in [0, 0.1) is 12.3 Å². The van der Waals surface area contributed by atoms with Crippen molar-refractivity contribution in [1.82, 2.24) is 15.0 Å². The predicted octanol–water partition coefficient (Wildman–Crippen LogP) is 2.78. The number of pyridine rings is 1. The number of nitrogen functional groups attached to an aromatic ring is 1. The Bertz CT molecular complexity index is 954. The van der Waals surface area contributed by atoms with Crippen LogP contribution in [0.5, 0.6) is 0 Å². The normalized spacial score (nSPS) is 22.9. The fourth-order valence-corrected chi connectivity index (χ4v) is 5.85. The van der Waals surface area contributed by atoms with E-state index in [1.807, 2.05) is 6.92 Å². The van der Waals surface area contributed by atoms with Crippen molar-refractivity contribution in [1.29, 1.82) is 0 Å². The predicted molar refractivity (Wildman–Crippen MR) is 122 cm³/mol.